The predicted molar refractivity (Wildman–Crippen MR) is 100 cm³/mol. The zero-order valence-corrected chi connectivity index (χ0v) is 15.5. The van der Waals surface area contributed by atoms with Gasteiger partial charge in [-0.25, -0.2) is 0 Å². The minimum absolute atomic E-state index is 0.0246. The molecule has 1 aromatic heterocycles. The standard InChI is InChI=1S/C19H23N3O3S/c23-18(14-25-17-4-2-1-3-5-17)20-12-19(24)22-9-7-21(8-10-22)13-16-6-11-26-15-16/h1-6,11,15H,7-10,12-14H2,(H,20,23)/p+1. The lowest BCUT2D eigenvalue weighted by atomic mass is 10.2. The van der Waals surface area contributed by atoms with Crippen LogP contribution in [0.1, 0.15) is 5.56 Å². The van der Waals surface area contributed by atoms with E-state index in [1.54, 1.807) is 23.5 Å². The number of para-hydroxylation sites is 1. The number of thiophene rings is 1. The second kappa shape index (κ2) is 9.35. The number of nitrogens with zero attached hydrogens (tertiary/aromatic N) is 1. The minimum Gasteiger partial charge on any atom is -0.484 e. The molecule has 0 spiro atoms. The van der Waals surface area contributed by atoms with Gasteiger partial charge in [-0.2, -0.15) is 11.3 Å². The Labute approximate surface area is 157 Å². The number of benzene rings is 1. The number of carbonyl (C=O) groups is 2. The van der Waals surface area contributed by atoms with E-state index in [1.807, 2.05) is 23.1 Å². The minimum atomic E-state index is -0.288. The molecule has 26 heavy (non-hydrogen) atoms. The average molecular weight is 374 g/mol. The van der Waals surface area contributed by atoms with Crippen LogP contribution in [0.15, 0.2) is 47.2 Å². The number of rotatable bonds is 7. The maximum Gasteiger partial charge on any atom is 0.258 e. The first-order valence-corrected chi connectivity index (χ1v) is 9.72. The molecular weight excluding hydrogens is 350 g/mol. The van der Waals surface area contributed by atoms with Crippen LogP contribution in [0, 0.1) is 0 Å². The summed E-state index contributed by atoms with van der Waals surface area (Å²) in [6, 6.07) is 11.3. The van der Waals surface area contributed by atoms with Crippen molar-refractivity contribution in [3.8, 4) is 5.75 Å². The van der Waals surface area contributed by atoms with Crippen molar-refractivity contribution in [3.63, 3.8) is 0 Å². The molecule has 0 aliphatic carbocycles. The third kappa shape index (κ3) is 5.57. The highest BCUT2D eigenvalue weighted by molar-refractivity contribution is 7.07. The molecule has 2 aromatic rings. The van der Waals surface area contributed by atoms with Crippen LogP contribution in [0.2, 0.25) is 0 Å². The summed E-state index contributed by atoms with van der Waals surface area (Å²) in [5.74, 6) is 0.315. The van der Waals surface area contributed by atoms with Crippen LogP contribution in [-0.2, 0) is 16.1 Å². The van der Waals surface area contributed by atoms with E-state index in [-0.39, 0.29) is 25.0 Å². The summed E-state index contributed by atoms with van der Waals surface area (Å²) in [7, 11) is 0. The quantitative estimate of drug-likeness (QED) is 0.726. The van der Waals surface area contributed by atoms with E-state index in [1.165, 1.54) is 10.5 Å². The van der Waals surface area contributed by atoms with Gasteiger partial charge in [0.25, 0.3) is 5.91 Å². The Morgan fingerprint density at radius 3 is 2.62 bits per heavy atom. The Morgan fingerprint density at radius 1 is 1.15 bits per heavy atom. The van der Waals surface area contributed by atoms with Gasteiger partial charge in [0.2, 0.25) is 5.91 Å². The van der Waals surface area contributed by atoms with Gasteiger partial charge in [-0.05, 0) is 29.0 Å². The molecule has 2 N–H and O–H groups in total. The molecule has 0 unspecified atom stereocenters. The lowest BCUT2D eigenvalue weighted by Gasteiger charge is -2.32. The lowest BCUT2D eigenvalue weighted by Crippen LogP contribution is -3.13. The van der Waals surface area contributed by atoms with Gasteiger partial charge in [-0.15, -0.1) is 0 Å². The molecule has 0 atom stereocenters. The molecule has 2 amide bonds. The van der Waals surface area contributed by atoms with Crippen molar-refractivity contribution < 1.29 is 19.2 Å². The highest BCUT2D eigenvalue weighted by Gasteiger charge is 2.23. The number of amides is 2. The molecule has 0 radical (unpaired) electrons. The number of nitrogens with one attached hydrogen (secondary N) is 2. The summed E-state index contributed by atoms with van der Waals surface area (Å²) in [5, 5.41) is 6.91. The van der Waals surface area contributed by atoms with Crippen molar-refractivity contribution in [1.29, 1.82) is 0 Å². The molecule has 1 fully saturated rings. The number of hydrogen-bond donors (Lipinski definition) is 2. The summed E-state index contributed by atoms with van der Waals surface area (Å²) >= 11 is 1.72. The van der Waals surface area contributed by atoms with E-state index < -0.39 is 0 Å². The van der Waals surface area contributed by atoms with E-state index in [0.29, 0.717) is 5.75 Å². The smallest absolute Gasteiger partial charge is 0.258 e. The van der Waals surface area contributed by atoms with Gasteiger partial charge in [0.1, 0.15) is 12.3 Å². The third-order valence-corrected chi connectivity index (χ3v) is 5.14. The Balaban J connectivity index is 1.33. The Hall–Kier alpha value is -2.38. The van der Waals surface area contributed by atoms with Crippen LogP contribution in [0.4, 0.5) is 0 Å². The predicted octanol–water partition coefficient (Wildman–Crippen LogP) is 0.170. The average Bonchev–Trinajstić information content (AvgIpc) is 3.19. The summed E-state index contributed by atoms with van der Waals surface area (Å²) in [6.45, 7) is 4.29. The first-order valence-electron chi connectivity index (χ1n) is 8.77. The summed E-state index contributed by atoms with van der Waals surface area (Å²) in [5.41, 5.74) is 1.36. The van der Waals surface area contributed by atoms with Crippen LogP contribution in [0.25, 0.3) is 0 Å². The Kier molecular flexibility index (Phi) is 6.62. The SMILES string of the molecule is O=C(COc1ccccc1)NCC(=O)N1CC[NH+](Cc2ccsc2)CC1. The Bertz CT molecular complexity index is 698. The fraction of sp³-hybridized carbons (Fsp3) is 0.368. The van der Waals surface area contributed by atoms with Crippen molar-refractivity contribution in [3.05, 3.63) is 52.7 Å². The molecule has 0 bridgehead atoms. The van der Waals surface area contributed by atoms with Gasteiger partial charge in [-0.3, -0.25) is 9.59 Å². The van der Waals surface area contributed by atoms with Crippen LogP contribution >= 0.6 is 11.3 Å². The Morgan fingerprint density at radius 2 is 1.92 bits per heavy atom. The first-order chi connectivity index (χ1) is 12.7. The second-order valence-electron chi connectivity index (χ2n) is 6.32. The highest BCUT2D eigenvalue weighted by Crippen LogP contribution is 2.07. The second-order valence-corrected chi connectivity index (χ2v) is 7.10. The normalized spacial score (nSPS) is 14.8. The van der Waals surface area contributed by atoms with E-state index in [0.717, 1.165) is 32.7 Å². The van der Waals surface area contributed by atoms with Crippen molar-refractivity contribution in [2.45, 2.75) is 6.54 Å². The lowest BCUT2D eigenvalue weighted by molar-refractivity contribution is -0.917. The highest BCUT2D eigenvalue weighted by atomic mass is 32.1. The van der Waals surface area contributed by atoms with Gasteiger partial charge in [0, 0.05) is 5.56 Å². The topological polar surface area (TPSA) is 63.1 Å². The molecule has 7 heteroatoms. The van der Waals surface area contributed by atoms with E-state index in [4.69, 9.17) is 4.74 Å². The molecule has 0 saturated carbocycles. The molecule has 3 rings (SSSR count). The molecule has 138 valence electrons. The van der Waals surface area contributed by atoms with Crippen LogP contribution in [0.3, 0.4) is 0 Å². The van der Waals surface area contributed by atoms with Gasteiger partial charge in [-0.1, -0.05) is 18.2 Å². The van der Waals surface area contributed by atoms with Gasteiger partial charge >= 0.3 is 0 Å². The first kappa shape index (κ1) is 18.4. The molecule has 1 saturated heterocycles. The van der Waals surface area contributed by atoms with Crippen LogP contribution in [0.5, 0.6) is 5.75 Å². The number of piperazine rings is 1. The van der Waals surface area contributed by atoms with E-state index in [2.05, 4.69) is 22.1 Å². The summed E-state index contributed by atoms with van der Waals surface area (Å²) < 4.78 is 5.37. The maximum atomic E-state index is 12.3. The zero-order valence-electron chi connectivity index (χ0n) is 14.6. The monoisotopic (exact) mass is 374 g/mol. The van der Waals surface area contributed by atoms with E-state index in [9.17, 15) is 9.59 Å². The summed E-state index contributed by atoms with van der Waals surface area (Å²) in [6.07, 6.45) is 0. The van der Waals surface area contributed by atoms with Gasteiger partial charge in [0.15, 0.2) is 6.61 Å². The molecule has 2 heterocycles. The number of carbonyl (C=O) groups excluding carboxylic acids is 2. The molecule has 6 nitrogen and oxygen atoms in total. The third-order valence-electron chi connectivity index (χ3n) is 4.41. The fourth-order valence-corrected chi connectivity index (χ4v) is 3.60. The zero-order chi connectivity index (χ0) is 18.2. The number of hydrogen-bond acceptors (Lipinski definition) is 4. The van der Waals surface area contributed by atoms with Crippen molar-refractivity contribution in [1.82, 2.24) is 10.2 Å². The number of ether oxygens (including phenoxy) is 1. The van der Waals surface area contributed by atoms with Crippen molar-refractivity contribution in [2.24, 2.45) is 0 Å². The largest absolute Gasteiger partial charge is 0.484 e. The molecule has 1 aliphatic heterocycles. The van der Waals surface area contributed by atoms with Crippen LogP contribution < -0.4 is 15.0 Å². The van der Waals surface area contributed by atoms with E-state index >= 15 is 0 Å². The summed E-state index contributed by atoms with van der Waals surface area (Å²) in [4.78, 5) is 27.4. The van der Waals surface area contributed by atoms with Gasteiger partial charge in [0.05, 0.1) is 32.7 Å². The van der Waals surface area contributed by atoms with Crippen molar-refractivity contribution >= 4 is 23.2 Å². The molecular formula is C19H24N3O3S+. The van der Waals surface area contributed by atoms with Gasteiger partial charge < -0.3 is 19.9 Å². The van der Waals surface area contributed by atoms with Crippen LogP contribution in [-0.4, -0.2) is 56.0 Å². The maximum absolute atomic E-state index is 12.3. The molecule has 1 aliphatic rings. The van der Waals surface area contributed by atoms with Crippen molar-refractivity contribution in [2.75, 3.05) is 39.3 Å². The molecule has 1 aromatic carbocycles. The fourth-order valence-electron chi connectivity index (χ4n) is 2.93. The number of quaternary nitrogens is 1.